The molecule has 4 fully saturated rings. The van der Waals surface area contributed by atoms with Gasteiger partial charge in [-0.1, -0.05) is 142 Å². The number of fused-ring (bicyclic) bond motifs is 6. The number of furan rings is 1. The summed E-state index contributed by atoms with van der Waals surface area (Å²) in [7, 11) is -1.36. The van der Waals surface area contributed by atoms with Crippen LogP contribution in [0.5, 0.6) is 0 Å². The Hall–Kier alpha value is -4.15. The van der Waals surface area contributed by atoms with Gasteiger partial charge in [0, 0.05) is 32.5 Å². The topological polar surface area (TPSA) is 38.9 Å². The molecule has 4 saturated carbocycles. The number of rotatable bonds is 8. The van der Waals surface area contributed by atoms with E-state index in [-0.39, 0.29) is 20.1 Å². The molecule has 1 unspecified atom stereocenters. The van der Waals surface area contributed by atoms with Crippen molar-refractivity contribution in [1.29, 1.82) is 0 Å². The molecule has 1 atom stereocenters. The summed E-state index contributed by atoms with van der Waals surface area (Å²) in [5, 5.41) is 3.78. The van der Waals surface area contributed by atoms with Crippen LogP contribution >= 0.6 is 0 Å². The van der Waals surface area contributed by atoms with Gasteiger partial charge in [-0.2, -0.15) is 0 Å². The van der Waals surface area contributed by atoms with Crippen molar-refractivity contribution in [2.24, 2.45) is 23.7 Å². The second-order valence-electron chi connectivity index (χ2n) is 18.3. The molecule has 4 aliphatic carbocycles. The SMILES string of the molecule is C[Si](C)(C)c1cnc(-c2[c-]cccc2)cc1CC1CCCCC1.[Ir].[c-]1cc2c(cc1-c1cc(CC3CC4CCC3CC4)ccn1)oc1ccc(-c3ccccc3)cc12. The molecule has 5 heteroatoms. The number of nitrogens with zero attached hydrogens (tertiary/aromatic N) is 2. The summed E-state index contributed by atoms with van der Waals surface area (Å²) in [4.78, 5) is 9.46. The third-order valence-corrected chi connectivity index (χ3v) is 15.4. The van der Waals surface area contributed by atoms with Gasteiger partial charge >= 0.3 is 0 Å². The van der Waals surface area contributed by atoms with Gasteiger partial charge in [-0.3, -0.25) is 0 Å². The summed E-state index contributed by atoms with van der Waals surface area (Å²) in [6.07, 6.45) is 20.8. The maximum absolute atomic E-state index is 6.24. The van der Waals surface area contributed by atoms with Crippen LogP contribution in [0.4, 0.5) is 0 Å². The van der Waals surface area contributed by atoms with E-state index >= 15 is 0 Å². The monoisotopic (exact) mass is 957 g/mol. The van der Waals surface area contributed by atoms with Crippen LogP contribution in [-0.4, -0.2) is 18.0 Å². The zero-order valence-electron chi connectivity index (χ0n) is 34.4. The van der Waals surface area contributed by atoms with E-state index < -0.39 is 8.07 Å². The van der Waals surface area contributed by atoms with E-state index in [1.54, 1.807) is 10.8 Å². The molecule has 0 amide bonds. The Morgan fingerprint density at radius 2 is 1.47 bits per heavy atom. The Kier molecular flexibility index (Phi) is 12.6. The first-order chi connectivity index (χ1) is 27.8. The van der Waals surface area contributed by atoms with Gasteiger partial charge in [0.1, 0.15) is 5.58 Å². The molecular weight excluding hydrogens is 901 g/mol. The number of benzene rings is 4. The van der Waals surface area contributed by atoms with Crippen molar-refractivity contribution in [1.82, 2.24) is 9.97 Å². The average Bonchev–Trinajstić information content (AvgIpc) is 3.62. The van der Waals surface area contributed by atoms with Gasteiger partial charge in [-0.25, -0.2) is 0 Å². The maximum Gasteiger partial charge on any atom is 0.123 e. The van der Waals surface area contributed by atoms with Crippen LogP contribution in [0.15, 0.2) is 120 Å². The zero-order chi connectivity index (χ0) is 38.8. The Balaban J connectivity index is 0.000000172. The average molecular weight is 957 g/mol. The van der Waals surface area contributed by atoms with Crippen LogP contribution in [0.2, 0.25) is 19.6 Å². The minimum atomic E-state index is -1.36. The van der Waals surface area contributed by atoms with Crippen molar-refractivity contribution < 1.29 is 24.5 Å². The molecule has 3 nitrogen and oxygen atoms in total. The number of hydrogen-bond donors (Lipinski definition) is 0. The molecule has 2 bridgehead atoms. The first-order valence-electron chi connectivity index (χ1n) is 21.7. The fourth-order valence-corrected chi connectivity index (χ4v) is 11.8. The first kappa shape index (κ1) is 40.6. The van der Waals surface area contributed by atoms with Crippen molar-refractivity contribution in [3.8, 4) is 33.6 Å². The third-order valence-electron chi connectivity index (χ3n) is 13.3. The second kappa shape index (κ2) is 18.0. The molecule has 0 aliphatic heterocycles. The van der Waals surface area contributed by atoms with Crippen molar-refractivity contribution >= 4 is 35.2 Å². The van der Waals surface area contributed by atoms with E-state index in [4.69, 9.17) is 14.4 Å². The predicted octanol–water partition coefficient (Wildman–Crippen LogP) is 13.7. The second-order valence-corrected chi connectivity index (χ2v) is 23.3. The zero-order valence-corrected chi connectivity index (χ0v) is 37.8. The van der Waals surface area contributed by atoms with Crippen LogP contribution < -0.4 is 5.19 Å². The molecule has 4 aliphatic rings. The first-order valence-corrected chi connectivity index (χ1v) is 25.2. The van der Waals surface area contributed by atoms with Gasteiger partial charge in [0.25, 0.3) is 0 Å². The van der Waals surface area contributed by atoms with Crippen LogP contribution in [0, 0.1) is 35.8 Å². The fourth-order valence-electron chi connectivity index (χ4n) is 10.2. The van der Waals surface area contributed by atoms with Gasteiger partial charge in [-0.15, -0.1) is 53.6 Å². The van der Waals surface area contributed by atoms with Gasteiger partial charge < -0.3 is 14.4 Å². The molecule has 3 aromatic heterocycles. The molecule has 0 saturated heterocycles. The summed E-state index contributed by atoms with van der Waals surface area (Å²) in [6, 6.07) is 42.9. The maximum atomic E-state index is 6.24. The van der Waals surface area contributed by atoms with Gasteiger partial charge in [-0.05, 0) is 101 Å². The van der Waals surface area contributed by atoms with Crippen LogP contribution in [0.3, 0.4) is 0 Å². The van der Waals surface area contributed by atoms with Gasteiger partial charge in [0.05, 0.1) is 13.7 Å². The Bertz CT molecular complexity index is 2440. The summed E-state index contributed by atoms with van der Waals surface area (Å²) >= 11 is 0. The van der Waals surface area contributed by atoms with Crippen LogP contribution in [-0.2, 0) is 32.9 Å². The molecule has 1 radical (unpaired) electrons. The molecule has 4 aromatic carbocycles. The normalized spacial score (nSPS) is 19.4. The Labute approximate surface area is 360 Å². The van der Waals surface area contributed by atoms with E-state index in [2.05, 4.69) is 123 Å². The molecule has 58 heavy (non-hydrogen) atoms. The van der Waals surface area contributed by atoms with Gasteiger partial charge in [0.15, 0.2) is 0 Å². The van der Waals surface area contributed by atoms with Crippen molar-refractivity contribution in [2.75, 3.05) is 0 Å². The van der Waals surface area contributed by atoms with Crippen LogP contribution in [0.25, 0.3) is 55.6 Å². The molecular formula is C53H56IrN2OSi-2. The standard InChI is InChI=1S/C32H28NO.C21H28NSi.Ir/c1-2-4-23(5-3-1)25-11-13-31-29(19-25)28-12-10-26(20-32(28)34-31)30-18-22(14-15-33-30)17-27-16-21-6-8-24(27)9-7-21;1-23(2,3)21-16-22-20(18-12-8-5-9-13-18)15-19(21)14-17-10-6-4-7-11-17;/h1-5,11-15,18-21,24,27H,6-9,16-17H2;5,8-9,12,15-17H,4,6-7,10-11,14H2,1-3H3;/q2*-1;. The number of hydrogen-bond acceptors (Lipinski definition) is 3. The quantitative estimate of drug-likeness (QED) is 0.113. The number of aromatic nitrogens is 2. The predicted molar refractivity (Wildman–Crippen MR) is 240 cm³/mol. The fraction of sp³-hybridized carbons (Fsp3) is 0.358. The summed E-state index contributed by atoms with van der Waals surface area (Å²) < 4.78 is 6.24. The smallest absolute Gasteiger partial charge is 0.123 e. The largest absolute Gasteiger partial charge is 0.476 e. The van der Waals surface area contributed by atoms with Crippen LogP contribution in [0.1, 0.15) is 75.3 Å². The van der Waals surface area contributed by atoms with Crippen molar-refractivity contribution in [3.05, 3.63) is 139 Å². The van der Waals surface area contributed by atoms with E-state index in [0.29, 0.717) is 0 Å². The van der Waals surface area contributed by atoms with E-state index in [9.17, 15) is 0 Å². The summed E-state index contributed by atoms with van der Waals surface area (Å²) in [5.41, 5.74) is 11.4. The molecule has 0 spiro atoms. The third kappa shape index (κ3) is 9.18. The number of pyridine rings is 2. The molecule has 3 heterocycles. The minimum absolute atomic E-state index is 0. The molecule has 0 N–H and O–H groups in total. The van der Waals surface area contributed by atoms with E-state index in [1.807, 2.05) is 24.4 Å². The van der Waals surface area contributed by atoms with Crippen molar-refractivity contribution in [3.63, 3.8) is 0 Å². The van der Waals surface area contributed by atoms with E-state index in [1.165, 1.54) is 93.7 Å². The molecule has 7 aromatic rings. The Morgan fingerprint density at radius 1 is 0.672 bits per heavy atom. The molecule has 11 rings (SSSR count). The minimum Gasteiger partial charge on any atom is -0.476 e. The molecule has 299 valence electrons. The summed E-state index contributed by atoms with van der Waals surface area (Å²) in [5.74, 6) is 3.63. The van der Waals surface area contributed by atoms with E-state index in [0.717, 1.165) is 68.1 Å². The summed E-state index contributed by atoms with van der Waals surface area (Å²) in [6.45, 7) is 7.30. The van der Waals surface area contributed by atoms with Crippen molar-refractivity contribution in [2.45, 2.75) is 96.7 Å². The Morgan fingerprint density at radius 3 is 2.21 bits per heavy atom. The van der Waals surface area contributed by atoms with Gasteiger partial charge in [0.2, 0.25) is 0 Å².